The van der Waals surface area contributed by atoms with E-state index in [0.717, 1.165) is 53.6 Å². The van der Waals surface area contributed by atoms with Gasteiger partial charge in [0.1, 0.15) is 23.9 Å². The zero-order chi connectivity index (χ0) is 23.6. The average Bonchev–Trinajstić information content (AvgIpc) is 2.88. The van der Waals surface area contributed by atoms with Crippen LogP contribution in [0.2, 0.25) is 0 Å². The van der Waals surface area contributed by atoms with Crippen molar-refractivity contribution in [1.29, 1.82) is 0 Å². The Hall–Kier alpha value is -3.24. The molecule has 0 fully saturated rings. The molecular weight excluding hydrogens is 410 g/mol. The van der Waals surface area contributed by atoms with Crippen molar-refractivity contribution in [3.05, 3.63) is 89.5 Å². The fourth-order valence-electron chi connectivity index (χ4n) is 3.89. The van der Waals surface area contributed by atoms with Crippen molar-refractivity contribution in [3.8, 4) is 17.2 Å². The molecule has 33 heavy (non-hydrogen) atoms. The predicted molar refractivity (Wildman–Crippen MR) is 137 cm³/mol. The standard InChI is InChI=1S/C29H35NO3/c1-6-30(7-2)20-21-33-28-18-12-25(13-19-28)29(24-10-16-27(32-5)17-11-24)22(3)23-8-14-26(31-4)15-9-23/h8-19H,6-7,20-21H2,1-5H3/b29-22-. The Bertz CT molecular complexity index is 1020. The lowest BCUT2D eigenvalue weighted by atomic mass is 9.90. The molecule has 4 heteroatoms. The fraction of sp³-hybridized carbons (Fsp3) is 0.310. The van der Waals surface area contributed by atoms with Crippen molar-refractivity contribution in [2.24, 2.45) is 0 Å². The summed E-state index contributed by atoms with van der Waals surface area (Å²) in [7, 11) is 3.37. The van der Waals surface area contributed by atoms with Gasteiger partial charge in [-0.3, -0.25) is 0 Å². The number of methoxy groups -OCH3 is 2. The molecule has 0 heterocycles. The van der Waals surface area contributed by atoms with Gasteiger partial charge >= 0.3 is 0 Å². The van der Waals surface area contributed by atoms with Crippen molar-refractivity contribution < 1.29 is 14.2 Å². The smallest absolute Gasteiger partial charge is 0.119 e. The topological polar surface area (TPSA) is 30.9 Å². The van der Waals surface area contributed by atoms with Gasteiger partial charge in [-0.15, -0.1) is 0 Å². The Kier molecular flexibility index (Phi) is 8.96. The van der Waals surface area contributed by atoms with Gasteiger partial charge in [-0.1, -0.05) is 50.2 Å². The largest absolute Gasteiger partial charge is 0.497 e. The molecule has 0 saturated heterocycles. The molecular formula is C29H35NO3. The number of hydrogen-bond acceptors (Lipinski definition) is 4. The second-order valence-electron chi connectivity index (χ2n) is 7.86. The Balaban J connectivity index is 1.91. The summed E-state index contributed by atoms with van der Waals surface area (Å²) in [6.07, 6.45) is 0. The highest BCUT2D eigenvalue weighted by Gasteiger charge is 2.12. The molecule has 0 aliphatic rings. The number of hydrogen-bond donors (Lipinski definition) is 0. The Morgan fingerprint density at radius 1 is 0.636 bits per heavy atom. The zero-order valence-electron chi connectivity index (χ0n) is 20.4. The maximum Gasteiger partial charge on any atom is 0.119 e. The Morgan fingerprint density at radius 2 is 1.06 bits per heavy atom. The molecule has 0 radical (unpaired) electrons. The third-order valence-electron chi connectivity index (χ3n) is 5.99. The molecule has 0 aliphatic carbocycles. The first-order chi connectivity index (χ1) is 16.1. The van der Waals surface area contributed by atoms with E-state index in [4.69, 9.17) is 14.2 Å². The molecule has 3 aromatic rings. The minimum absolute atomic E-state index is 0.688. The molecule has 0 N–H and O–H groups in total. The monoisotopic (exact) mass is 445 g/mol. The summed E-state index contributed by atoms with van der Waals surface area (Å²) < 4.78 is 16.7. The SMILES string of the molecule is CCN(CC)CCOc1ccc(/C(=C(/C)c2ccc(OC)cc2)c2ccc(OC)cc2)cc1. The van der Waals surface area contributed by atoms with Crippen LogP contribution in [0.25, 0.3) is 11.1 Å². The van der Waals surface area contributed by atoms with Gasteiger partial charge in [-0.05, 0) is 84.2 Å². The molecule has 0 spiro atoms. The summed E-state index contributed by atoms with van der Waals surface area (Å²) in [6.45, 7) is 10.2. The van der Waals surface area contributed by atoms with Crippen LogP contribution in [-0.4, -0.2) is 45.4 Å². The second kappa shape index (κ2) is 12.1. The summed E-state index contributed by atoms with van der Waals surface area (Å²) in [5.41, 5.74) is 5.81. The summed E-state index contributed by atoms with van der Waals surface area (Å²) in [4.78, 5) is 2.36. The quantitative estimate of drug-likeness (QED) is 0.319. The van der Waals surface area contributed by atoms with E-state index in [2.05, 4.69) is 74.2 Å². The molecule has 0 bridgehead atoms. The van der Waals surface area contributed by atoms with E-state index < -0.39 is 0 Å². The van der Waals surface area contributed by atoms with Crippen LogP contribution < -0.4 is 14.2 Å². The molecule has 174 valence electrons. The first kappa shape index (κ1) is 24.4. The lowest BCUT2D eigenvalue weighted by Gasteiger charge is -2.18. The summed E-state index contributed by atoms with van der Waals surface area (Å²) in [5.74, 6) is 2.59. The Morgan fingerprint density at radius 3 is 1.48 bits per heavy atom. The highest BCUT2D eigenvalue weighted by molar-refractivity contribution is 5.98. The third kappa shape index (κ3) is 6.39. The molecule has 0 aromatic heterocycles. The third-order valence-corrected chi connectivity index (χ3v) is 5.99. The predicted octanol–water partition coefficient (Wildman–Crippen LogP) is 6.40. The van der Waals surface area contributed by atoms with Crippen LogP contribution in [0, 0.1) is 0 Å². The van der Waals surface area contributed by atoms with Crippen molar-refractivity contribution in [3.63, 3.8) is 0 Å². The van der Waals surface area contributed by atoms with Gasteiger partial charge in [0, 0.05) is 6.54 Å². The highest BCUT2D eigenvalue weighted by atomic mass is 16.5. The molecule has 3 aromatic carbocycles. The maximum atomic E-state index is 5.99. The van der Waals surface area contributed by atoms with Crippen LogP contribution in [0.15, 0.2) is 72.8 Å². The second-order valence-corrected chi connectivity index (χ2v) is 7.86. The minimum atomic E-state index is 0.688. The lowest BCUT2D eigenvalue weighted by molar-refractivity contribution is 0.223. The van der Waals surface area contributed by atoms with E-state index in [9.17, 15) is 0 Å². The molecule has 3 rings (SSSR count). The molecule has 0 unspecified atom stereocenters. The zero-order valence-corrected chi connectivity index (χ0v) is 20.4. The number of ether oxygens (including phenoxy) is 3. The van der Waals surface area contributed by atoms with E-state index in [0.29, 0.717) is 6.61 Å². The van der Waals surface area contributed by atoms with Gasteiger partial charge in [0.2, 0.25) is 0 Å². The van der Waals surface area contributed by atoms with E-state index in [1.54, 1.807) is 14.2 Å². The summed E-state index contributed by atoms with van der Waals surface area (Å²) in [5, 5.41) is 0. The number of nitrogens with zero attached hydrogens (tertiary/aromatic N) is 1. The van der Waals surface area contributed by atoms with Gasteiger partial charge < -0.3 is 19.1 Å². The molecule has 0 saturated carbocycles. The van der Waals surface area contributed by atoms with E-state index >= 15 is 0 Å². The van der Waals surface area contributed by atoms with Crippen molar-refractivity contribution >= 4 is 11.1 Å². The highest BCUT2D eigenvalue weighted by Crippen LogP contribution is 2.34. The molecule has 0 amide bonds. The average molecular weight is 446 g/mol. The number of benzene rings is 3. The number of likely N-dealkylation sites (N-methyl/N-ethyl adjacent to an activating group) is 1. The van der Waals surface area contributed by atoms with Crippen LogP contribution in [-0.2, 0) is 0 Å². The lowest BCUT2D eigenvalue weighted by Crippen LogP contribution is -2.27. The van der Waals surface area contributed by atoms with Crippen LogP contribution >= 0.6 is 0 Å². The van der Waals surface area contributed by atoms with E-state index in [1.165, 1.54) is 11.1 Å². The van der Waals surface area contributed by atoms with Crippen LogP contribution in [0.4, 0.5) is 0 Å². The first-order valence-electron chi connectivity index (χ1n) is 11.5. The molecule has 0 atom stereocenters. The first-order valence-corrected chi connectivity index (χ1v) is 11.5. The van der Waals surface area contributed by atoms with Crippen molar-refractivity contribution in [1.82, 2.24) is 4.90 Å². The van der Waals surface area contributed by atoms with Crippen molar-refractivity contribution in [2.45, 2.75) is 20.8 Å². The summed E-state index contributed by atoms with van der Waals surface area (Å²) >= 11 is 0. The maximum absolute atomic E-state index is 5.99. The van der Waals surface area contributed by atoms with Gasteiger partial charge in [-0.25, -0.2) is 0 Å². The minimum Gasteiger partial charge on any atom is -0.497 e. The van der Waals surface area contributed by atoms with E-state index in [1.807, 2.05) is 24.3 Å². The van der Waals surface area contributed by atoms with Gasteiger partial charge in [0.25, 0.3) is 0 Å². The van der Waals surface area contributed by atoms with Crippen molar-refractivity contribution in [2.75, 3.05) is 40.5 Å². The molecule has 0 aliphatic heterocycles. The van der Waals surface area contributed by atoms with E-state index in [-0.39, 0.29) is 0 Å². The summed E-state index contributed by atoms with van der Waals surface area (Å²) in [6, 6.07) is 24.8. The van der Waals surface area contributed by atoms with Crippen LogP contribution in [0.5, 0.6) is 17.2 Å². The van der Waals surface area contributed by atoms with Gasteiger partial charge in [0.05, 0.1) is 14.2 Å². The Labute approximate surface area is 198 Å². The van der Waals surface area contributed by atoms with Gasteiger partial charge in [-0.2, -0.15) is 0 Å². The number of allylic oxidation sites excluding steroid dienone is 1. The fourth-order valence-corrected chi connectivity index (χ4v) is 3.89. The van der Waals surface area contributed by atoms with Crippen LogP contribution in [0.1, 0.15) is 37.5 Å². The van der Waals surface area contributed by atoms with Crippen LogP contribution in [0.3, 0.4) is 0 Å². The number of rotatable bonds is 11. The normalized spacial score (nSPS) is 11.8. The molecule has 4 nitrogen and oxygen atoms in total. The van der Waals surface area contributed by atoms with Gasteiger partial charge in [0.15, 0.2) is 0 Å².